The molecule has 0 aliphatic carbocycles. The number of primary amides is 1. The number of ether oxygens (including phenoxy) is 1. The molecule has 0 unspecified atom stereocenters. The zero-order chi connectivity index (χ0) is 20.2. The van der Waals surface area contributed by atoms with E-state index in [9.17, 15) is 9.59 Å². The number of nitrogens with one attached hydrogen (secondary N) is 1. The van der Waals surface area contributed by atoms with Gasteiger partial charge < -0.3 is 10.5 Å². The summed E-state index contributed by atoms with van der Waals surface area (Å²) in [7, 11) is 0. The number of benzene rings is 2. The van der Waals surface area contributed by atoms with Crippen molar-refractivity contribution in [3.63, 3.8) is 0 Å². The molecule has 0 atom stereocenters. The first-order chi connectivity index (χ1) is 14.1. The van der Waals surface area contributed by atoms with Crippen molar-refractivity contribution in [3.05, 3.63) is 72.6 Å². The van der Waals surface area contributed by atoms with E-state index in [1.165, 1.54) is 11.3 Å². The monoisotopic (exact) mass is 404 g/mol. The highest BCUT2D eigenvalue weighted by Crippen LogP contribution is 2.30. The van der Waals surface area contributed by atoms with E-state index >= 15 is 0 Å². The van der Waals surface area contributed by atoms with Crippen LogP contribution in [0.15, 0.2) is 67.0 Å². The molecule has 4 aromatic rings. The second kappa shape index (κ2) is 8.07. The average molecular weight is 404 g/mol. The summed E-state index contributed by atoms with van der Waals surface area (Å²) in [5.74, 6) is -0.376. The highest BCUT2D eigenvalue weighted by molar-refractivity contribution is 7.22. The topological polar surface area (TPSA) is 107 Å². The van der Waals surface area contributed by atoms with E-state index in [0.29, 0.717) is 16.4 Å². The number of pyridine rings is 1. The molecule has 7 nitrogen and oxygen atoms in total. The van der Waals surface area contributed by atoms with Gasteiger partial charge in [-0.05, 0) is 59.7 Å². The Bertz CT molecular complexity index is 1170. The zero-order valence-corrected chi connectivity index (χ0v) is 16.0. The molecule has 3 N–H and O–H groups in total. The normalized spacial score (nSPS) is 10.6. The second-order valence-corrected chi connectivity index (χ2v) is 7.20. The number of nitrogens with two attached hydrogens (primary N) is 1. The van der Waals surface area contributed by atoms with E-state index in [-0.39, 0.29) is 12.5 Å². The van der Waals surface area contributed by atoms with Crippen LogP contribution in [0.2, 0.25) is 0 Å². The lowest BCUT2D eigenvalue weighted by Crippen LogP contribution is -2.20. The van der Waals surface area contributed by atoms with Crippen molar-refractivity contribution in [2.75, 3.05) is 11.9 Å². The van der Waals surface area contributed by atoms with Crippen molar-refractivity contribution >= 4 is 38.5 Å². The number of rotatable bonds is 6. The summed E-state index contributed by atoms with van der Waals surface area (Å²) in [6, 6.07) is 16.3. The molecule has 0 aliphatic heterocycles. The number of nitrogens with zero attached hydrogens (tertiary/aromatic N) is 2. The van der Waals surface area contributed by atoms with Crippen molar-refractivity contribution in [1.82, 2.24) is 9.97 Å². The van der Waals surface area contributed by atoms with Crippen molar-refractivity contribution < 1.29 is 14.3 Å². The molecule has 2 heterocycles. The van der Waals surface area contributed by atoms with E-state index in [1.807, 2.05) is 30.3 Å². The van der Waals surface area contributed by atoms with Gasteiger partial charge >= 0.3 is 0 Å². The van der Waals surface area contributed by atoms with Crippen LogP contribution in [0.4, 0.5) is 5.13 Å². The summed E-state index contributed by atoms with van der Waals surface area (Å²) in [4.78, 5) is 31.8. The third kappa shape index (κ3) is 4.39. The summed E-state index contributed by atoms with van der Waals surface area (Å²) < 4.78 is 6.16. The SMILES string of the molecule is NC(=O)COc1ccc(C(=O)Nc2nc3ccc(-c4ccncc4)cc3s2)cc1. The third-order valence-corrected chi connectivity index (χ3v) is 5.05. The Labute approximate surface area is 170 Å². The lowest BCUT2D eigenvalue weighted by atomic mass is 10.1. The predicted molar refractivity (Wildman–Crippen MR) is 112 cm³/mol. The number of fused-ring (bicyclic) bond motifs is 1. The Balaban J connectivity index is 1.48. The smallest absolute Gasteiger partial charge is 0.257 e. The van der Waals surface area contributed by atoms with Gasteiger partial charge in [-0.2, -0.15) is 0 Å². The number of hydrogen-bond acceptors (Lipinski definition) is 6. The van der Waals surface area contributed by atoms with Gasteiger partial charge in [0.25, 0.3) is 11.8 Å². The van der Waals surface area contributed by atoms with Gasteiger partial charge in [0.15, 0.2) is 11.7 Å². The van der Waals surface area contributed by atoms with Gasteiger partial charge in [-0.25, -0.2) is 4.98 Å². The average Bonchev–Trinajstić information content (AvgIpc) is 3.14. The van der Waals surface area contributed by atoms with E-state index in [2.05, 4.69) is 15.3 Å². The molecule has 2 aromatic carbocycles. The molecular formula is C21H16N4O3S. The Kier molecular flexibility index (Phi) is 5.17. The quantitative estimate of drug-likeness (QED) is 0.512. The summed E-state index contributed by atoms with van der Waals surface area (Å²) in [6.45, 7) is -0.210. The fourth-order valence-corrected chi connectivity index (χ4v) is 3.63. The highest BCUT2D eigenvalue weighted by atomic mass is 32.1. The summed E-state index contributed by atoms with van der Waals surface area (Å²) in [5.41, 5.74) is 8.44. The fraction of sp³-hybridized carbons (Fsp3) is 0.0476. The van der Waals surface area contributed by atoms with E-state index < -0.39 is 5.91 Å². The van der Waals surface area contributed by atoms with E-state index in [0.717, 1.165) is 21.3 Å². The molecule has 0 bridgehead atoms. The molecule has 144 valence electrons. The maximum Gasteiger partial charge on any atom is 0.257 e. The van der Waals surface area contributed by atoms with Crippen LogP contribution < -0.4 is 15.8 Å². The Morgan fingerprint density at radius 3 is 2.48 bits per heavy atom. The number of hydrogen-bond donors (Lipinski definition) is 2. The number of aromatic nitrogens is 2. The summed E-state index contributed by atoms with van der Waals surface area (Å²) in [6.07, 6.45) is 3.50. The molecule has 29 heavy (non-hydrogen) atoms. The minimum atomic E-state index is -0.560. The van der Waals surface area contributed by atoms with Crippen LogP contribution in [0.5, 0.6) is 5.75 Å². The summed E-state index contributed by atoms with van der Waals surface area (Å²) in [5, 5.41) is 3.34. The summed E-state index contributed by atoms with van der Waals surface area (Å²) >= 11 is 1.41. The van der Waals surface area contributed by atoms with Crippen LogP contribution in [0.3, 0.4) is 0 Å². The Hall–Kier alpha value is -3.78. The van der Waals surface area contributed by atoms with Crippen LogP contribution in [0.25, 0.3) is 21.3 Å². The van der Waals surface area contributed by atoms with Crippen molar-refractivity contribution in [2.45, 2.75) is 0 Å². The van der Waals surface area contributed by atoms with Crippen LogP contribution in [-0.4, -0.2) is 28.4 Å². The first-order valence-corrected chi connectivity index (χ1v) is 9.54. The molecule has 2 aromatic heterocycles. The van der Waals surface area contributed by atoms with Gasteiger partial charge in [-0.1, -0.05) is 17.4 Å². The van der Waals surface area contributed by atoms with Crippen LogP contribution >= 0.6 is 11.3 Å². The first-order valence-electron chi connectivity index (χ1n) is 8.72. The minimum absolute atomic E-state index is 0.210. The van der Waals surface area contributed by atoms with Gasteiger partial charge in [-0.3, -0.25) is 19.9 Å². The van der Waals surface area contributed by atoms with Crippen molar-refractivity contribution in [3.8, 4) is 16.9 Å². The molecule has 0 spiro atoms. The second-order valence-electron chi connectivity index (χ2n) is 6.17. The van der Waals surface area contributed by atoms with Crippen molar-refractivity contribution in [2.24, 2.45) is 5.73 Å². The number of anilines is 1. The predicted octanol–water partition coefficient (Wildman–Crippen LogP) is 3.47. The van der Waals surface area contributed by atoms with Gasteiger partial charge in [0.2, 0.25) is 0 Å². The molecule has 0 aliphatic rings. The van der Waals surface area contributed by atoms with Crippen molar-refractivity contribution in [1.29, 1.82) is 0 Å². The highest BCUT2D eigenvalue weighted by Gasteiger charge is 2.11. The van der Waals surface area contributed by atoms with E-state index in [1.54, 1.807) is 36.7 Å². The van der Waals surface area contributed by atoms with Gasteiger partial charge in [0.1, 0.15) is 5.75 Å². The van der Waals surface area contributed by atoms with Crippen LogP contribution in [-0.2, 0) is 4.79 Å². The molecule has 0 saturated carbocycles. The fourth-order valence-electron chi connectivity index (χ4n) is 2.73. The number of thiazole rings is 1. The first kappa shape index (κ1) is 18.6. The molecule has 0 radical (unpaired) electrons. The molecule has 0 saturated heterocycles. The molecule has 8 heteroatoms. The lowest BCUT2D eigenvalue weighted by Gasteiger charge is -2.05. The largest absolute Gasteiger partial charge is 0.484 e. The maximum atomic E-state index is 12.5. The number of carbonyl (C=O) groups is 2. The molecule has 2 amide bonds. The molecule has 0 fully saturated rings. The Morgan fingerprint density at radius 1 is 1.00 bits per heavy atom. The standard InChI is InChI=1S/C21H16N4O3S/c22-19(26)12-28-16-4-1-14(2-5-16)20(27)25-21-24-17-6-3-15(11-18(17)29-21)13-7-9-23-10-8-13/h1-11H,12H2,(H2,22,26)(H,24,25,27). The maximum absolute atomic E-state index is 12.5. The van der Waals surface area contributed by atoms with Gasteiger partial charge in [0.05, 0.1) is 10.2 Å². The van der Waals surface area contributed by atoms with Crippen LogP contribution in [0.1, 0.15) is 10.4 Å². The number of amides is 2. The lowest BCUT2D eigenvalue weighted by molar-refractivity contribution is -0.119. The third-order valence-electron chi connectivity index (χ3n) is 4.12. The van der Waals surface area contributed by atoms with Gasteiger partial charge in [0, 0.05) is 18.0 Å². The Morgan fingerprint density at radius 2 is 1.76 bits per heavy atom. The zero-order valence-electron chi connectivity index (χ0n) is 15.2. The van der Waals surface area contributed by atoms with E-state index in [4.69, 9.17) is 10.5 Å². The van der Waals surface area contributed by atoms with Gasteiger partial charge in [-0.15, -0.1) is 0 Å². The molecule has 4 rings (SSSR count). The minimum Gasteiger partial charge on any atom is -0.484 e. The molecular weight excluding hydrogens is 388 g/mol. The number of carbonyl (C=O) groups excluding carboxylic acids is 2. The van der Waals surface area contributed by atoms with Crippen LogP contribution in [0, 0.1) is 0 Å².